The molecule has 0 saturated carbocycles. The summed E-state index contributed by atoms with van der Waals surface area (Å²) in [5, 5.41) is 3.50. The number of aromatic amines is 1. The number of benzene rings is 2. The van der Waals surface area contributed by atoms with E-state index in [4.69, 9.17) is 4.74 Å². The van der Waals surface area contributed by atoms with Crippen molar-refractivity contribution in [2.75, 3.05) is 29.9 Å². The van der Waals surface area contributed by atoms with Gasteiger partial charge in [-0.25, -0.2) is 0 Å². The summed E-state index contributed by atoms with van der Waals surface area (Å²) in [6, 6.07) is 20.9. The molecule has 1 atom stereocenters. The number of hydrogen-bond acceptors (Lipinski definition) is 7. The van der Waals surface area contributed by atoms with E-state index in [1.165, 1.54) is 30.7 Å². The average molecular weight is 515 g/mol. The van der Waals surface area contributed by atoms with Crippen molar-refractivity contribution in [3.63, 3.8) is 0 Å². The van der Waals surface area contributed by atoms with Crippen molar-refractivity contribution in [1.82, 2.24) is 9.97 Å². The number of anilines is 2. The number of rotatable bonds is 5. The predicted molar refractivity (Wildman–Crippen MR) is 145 cm³/mol. The normalized spacial score (nSPS) is 16.8. The molecule has 2 aliphatic heterocycles. The molecule has 1 unspecified atom stereocenters. The Kier molecular flexibility index (Phi) is 6.48. The lowest BCUT2D eigenvalue weighted by atomic mass is 10.1. The first-order valence-electron chi connectivity index (χ1n) is 12.0. The van der Waals surface area contributed by atoms with E-state index >= 15 is 0 Å². The number of nitrogens with zero attached hydrogens (tertiary/aromatic N) is 2. The molecule has 0 bridgehead atoms. The van der Waals surface area contributed by atoms with Crippen LogP contribution in [0, 0.1) is 6.92 Å². The van der Waals surface area contributed by atoms with Gasteiger partial charge < -0.3 is 19.9 Å². The summed E-state index contributed by atoms with van der Waals surface area (Å²) in [5.74, 6) is 0. The Balaban J connectivity index is 1.20. The topological polar surface area (TPSA) is 70.2 Å². The summed E-state index contributed by atoms with van der Waals surface area (Å²) in [4.78, 5) is 26.7. The highest BCUT2D eigenvalue weighted by Gasteiger charge is 2.29. The summed E-state index contributed by atoms with van der Waals surface area (Å²) < 4.78 is 6.22. The maximum atomic E-state index is 12.3. The van der Waals surface area contributed by atoms with E-state index in [0.29, 0.717) is 31.9 Å². The van der Waals surface area contributed by atoms with E-state index in [-0.39, 0.29) is 11.7 Å². The largest absolute Gasteiger partial charge is 0.379 e. The Labute approximate surface area is 218 Å². The molecule has 0 spiro atoms. The van der Waals surface area contributed by atoms with Crippen LogP contribution in [-0.2, 0) is 11.3 Å². The molecule has 6 nitrogen and oxygen atoms in total. The summed E-state index contributed by atoms with van der Waals surface area (Å²) in [6.45, 7) is 4.68. The molecule has 8 heteroatoms. The summed E-state index contributed by atoms with van der Waals surface area (Å²) in [6.07, 6.45) is 3.48. The fourth-order valence-electron chi connectivity index (χ4n) is 4.50. The number of ether oxygens (including phenoxy) is 1. The Morgan fingerprint density at radius 3 is 2.89 bits per heavy atom. The Morgan fingerprint density at radius 2 is 2.03 bits per heavy atom. The molecule has 2 aliphatic rings. The van der Waals surface area contributed by atoms with E-state index in [0.717, 1.165) is 11.4 Å². The van der Waals surface area contributed by atoms with Crippen molar-refractivity contribution in [1.29, 1.82) is 0 Å². The van der Waals surface area contributed by atoms with Gasteiger partial charge in [-0.05, 0) is 60.5 Å². The van der Waals surface area contributed by atoms with Gasteiger partial charge in [0, 0.05) is 50.8 Å². The number of H-pyrrole nitrogens is 1. The van der Waals surface area contributed by atoms with Gasteiger partial charge in [0.15, 0.2) is 0 Å². The molecule has 4 heterocycles. The van der Waals surface area contributed by atoms with Gasteiger partial charge in [-0.1, -0.05) is 41.7 Å². The lowest BCUT2D eigenvalue weighted by Crippen LogP contribution is -2.41. The van der Waals surface area contributed by atoms with Crippen LogP contribution < -0.4 is 15.8 Å². The fourth-order valence-corrected chi connectivity index (χ4v) is 6.95. The van der Waals surface area contributed by atoms with Gasteiger partial charge in [-0.3, -0.25) is 9.78 Å². The van der Waals surface area contributed by atoms with Crippen molar-refractivity contribution in [3.8, 4) is 0 Å². The number of pyridine rings is 2. The van der Waals surface area contributed by atoms with Gasteiger partial charge >= 0.3 is 0 Å². The maximum absolute atomic E-state index is 12.3. The first kappa shape index (κ1) is 23.2. The van der Waals surface area contributed by atoms with Gasteiger partial charge in [0.2, 0.25) is 0 Å². The highest BCUT2D eigenvalue weighted by molar-refractivity contribution is 8.05. The average Bonchev–Trinajstić information content (AvgIpc) is 2.91. The molecule has 0 amide bonds. The molecule has 0 aliphatic carbocycles. The van der Waals surface area contributed by atoms with Crippen molar-refractivity contribution < 1.29 is 4.74 Å². The third-order valence-electron chi connectivity index (χ3n) is 6.38. The molecule has 4 aromatic rings. The molecule has 2 aromatic carbocycles. The van der Waals surface area contributed by atoms with Crippen molar-refractivity contribution in [2.45, 2.75) is 39.2 Å². The number of nitrogens with one attached hydrogen (secondary N) is 2. The Bertz CT molecular complexity index is 1450. The first-order chi connectivity index (χ1) is 17.6. The monoisotopic (exact) mass is 514 g/mol. The minimum absolute atomic E-state index is 0.0605. The molecule has 2 aromatic heterocycles. The van der Waals surface area contributed by atoms with E-state index in [1.54, 1.807) is 29.7 Å². The minimum atomic E-state index is -0.0918. The lowest BCUT2D eigenvalue weighted by molar-refractivity contribution is 0.0378. The van der Waals surface area contributed by atoms with Crippen LogP contribution in [0.15, 0.2) is 97.4 Å². The molecule has 6 rings (SSSR count). The van der Waals surface area contributed by atoms with E-state index in [2.05, 4.69) is 68.7 Å². The van der Waals surface area contributed by atoms with Crippen molar-refractivity contribution >= 4 is 34.9 Å². The SMILES string of the molecule is Cc1ccc(CNc2ccc3c(c2)Sc2cccc(C4CN(c5ccc[nH]c5=O)CCO4)c2S3)nc1. The van der Waals surface area contributed by atoms with Crippen molar-refractivity contribution in [3.05, 3.63) is 100 Å². The van der Waals surface area contributed by atoms with Crippen molar-refractivity contribution in [2.24, 2.45) is 0 Å². The van der Waals surface area contributed by atoms with Crippen LogP contribution in [0.4, 0.5) is 11.4 Å². The van der Waals surface area contributed by atoms with Crippen LogP contribution >= 0.6 is 23.5 Å². The maximum Gasteiger partial charge on any atom is 0.271 e. The fraction of sp³-hybridized carbons (Fsp3) is 0.214. The molecule has 182 valence electrons. The molecule has 1 fully saturated rings. The molecule has 36 heavy (non-hydrogen) atoms. The zero-order valence-electron chi connectivity index (χ0n) is 19.9. The zero-order valence-corrected chi connectivity index (χ0v) is 21.5. The first-order valence-corrected chi connectivity index (χ1v) is 13.6. The third-order valence-corrected chi connectivity index (χ3v) is 8.99. The van der Waals surface area contributed by atoms with Crippen LogP contribution in [0.2, 0.25) is 0 Å². The highest BCUT2D eigenvalue weighted by atomic mass is 32.2. The summed E-state index contributed by atoms with van der Waals surface area (Å²) in [7, 11) is 0. The van der Waals surface area contributed by atoms with E-state index < -0.39 is 0 Å². The predicted octanol–water partition coefficient (Wildman–Crippen LogP) is 5.88. The third kappa shape index (κ3) is 4.76. The molecule has 2 N–H and O–H groups in total. The van der Waals surface area contributed by atoms with E-state index in [9.17, 15) is 4.79 Å². The minimum Gasteiger partial charge on any atom is -0.379 e. The van der Waals surface area contributed by atoms with Gasteiger partial charge in [0.05, 0.1) is 18.8 Å². The van der Waals surface area contributed by atoms with Crippen LogP contribution in [0.25, 0.3) is 0 Å². The van der Waals surface area contributed by atoms with Gasteiger partial charge in [-0.2, -0.15) is 0 Å². The highest BCUT2D eigenvalue weighted by Crippen LogP contribution is 2.51. The standard InChI is InChI=1S/C28H26N4O2S2/c1-18-7-8-20(30-15-18)16-31-19-9-10-24-26(14-19)35-25-6-2-4-21(27(25)36-24)23-17-32(12-13-34-23)22-5-3-11-29-28(22)33/h2-11,14-15,23,31H,12-13,16-17H2,1H3,(H,29,33). The summed E-state index contributed by atoms with van der Waals surface area (Å²) in [5.41, 5.74) is 5.09. The van der Waals surface area contributed by atoms with Gasteiger partial charge in [0.1, 0.15) is 11.8 Å². The van der Waals surface area contributed by atoms with E-state index in [1.807, 2.05) is 25.3 Å². The number of aryl methyl sites for hydroxylation is 1. The van der Waals surface area contributed by atoms with Crippen LogP contribution in [-0.4, -0.2) is 29.7 Å². The second kappa shape index (κ2) is 10.0. The number of aromatic nitrogens is 2. The smallest absolute Gasteiger partial charge is 0.271 e. The Morgan fingerprint density at radius 1 is 1.08 bits per heavy atom. The molecule has 0 radical (unpaired) electrons. The lowest BCUT2D eigenvalue weighted by Gasteiger charge is -2.35. The zero-order chi connectivity index (χ0) is 24.5. The molecule has 1 saturated heterocycles. The summed E-state index contributed by atoms with van der Waals surface area (Å²) >= 11 is 3.60. The Hall–Kier alpha value is -3.20. The van der Waals surface area contributed by atoms with Crippen LogP contribution in [0.3, 0.4) is 0 Å². The number of morpholine rings is 1. The second-order valence-electron chi connectivity index (χ2n) is 8.91. The number of hydrogen-bond donors (Lipinski definition) is 2. The molecular formula is C28H26N4O2S2. The quantitative estimate of drug-likeness (QED) is 0.303. The van der Waals surface area contributed by atoms with Crippen LogP contribution in [0.5, 0.6) is 0 Å². The molecular weight excluding hydrogens is 488 g/mol. The van der Waals surface area contributed by atoms with Gasteiger partial charge in [0.25, 0.3) is 5.56 Å². The second-order valence-corrected chi connectivity index (χ2v) is 11.0. The number of fused-ring (bicyclic) bond motifs is 2. The van der Waals surface area contributed by atoms with Gasteiger partial charge in [-0.15, -0.1) is 0 Å². The van der Waals surface area contributed by atoms with Crippen LogP contribution in [0.1, 0.15) is 22.9 Å².